The van der Waals surface area contributed by atoms with Gasteiger partial charge in [0.25, 0.3) is 0 Å². The SMILES string of the molecule is CCNC(c1ccc(Cl)c(Br)c1)C1CCOC2(CCC2)C1. The van der Waals surface area contributed by atoms with Gasteiger partial charge >= 0.3 is 0 Å². The Labute approximate surface area is 140 Å². The lowest BCUT2D eigenvalue weighted by Gasteiger charge is -2.49. The fourth-order valence-corrected chi connectivity index (χ4v) is 4.27. The Morgan fingerprint density at radius 3 is 2.90 bits per heavy atom. The lowest BCUT2D eigenvalue weighted by molar-refractivity contribution is -0.147. The average Bonchev–Trinajstić information content (AvgIpc) is 2.46. The molecule has 2 nitrogen and oxygen atoms in total. The Morgan fingerprint density at radius 2 is 2.29 bits per heavy atom. The fourth-order valence-electron chi connectivity index (χ4n) is 3.75. The number of hydrogen-bond donors (Lipinski definition) is 1. The molecule has 3 rings (SSSR count). The van der Waals surface area contributed by atoms with Crippen LogP contribution in [-0.4, -0.2) is 18.8 Å². The molecule has 2 fully saturated rings. The number of ether oxygens (including phenoxy) is 1. The first-order valence-electron chi connectivity index (χ1n) is 7.96. The van der Waals surface area contributed by atoms with Crippen molar-refractivity contribution in [2.45, 2.75) is 50.7 Å². The van der Waals surface area contributed by atoms with Crippen molar-refractivity contribution in [1.29, 1.82) is 0 Å². The van der Waals surface area contributed by atoms with E-state index in [2.05, 4.69) is 40.3 Å². The van der Waals surface area contributed by atoms with Crippen LogP contribution in [0.1, 0.15) is 50.6 Å². The van der Waals surface area contributed by atoms with Crippen molar-refractivity contribution in [2.24, 2.45) is 5.92 Å². The lowest BCUT2D eigenvalue weighted by Crippen LogP contribution is -2.48. The zero-order valence-electron chi connectivity index (χ0n) is 12.5. The Balaban J connectivity index is 1.81. The van der Waals surface area contributed by atoms with Crippen molar-refractivity contribution in [1.82, 2.24) is 5.32 Å². The summed E-state index contributed by atoms with van der Waals surface area (Å²) in [5.41, 5.74) is 1.52. The molecule has 1 saturated heterocycles. The van der Waals surface area contributed by atoms with Crippen LogP contribution < -0.4 is 5.32 Å². The van der Waals surface area contributed by atoms with Crippen molar-refractivity contribution in [3.8, 4) is 0 Å². The molecule has 1 aliphatic carbocycles. The second kappa shape index (κ2) is 6.57. The standard InChI is InChI=1S/C17H23BrClNO/c1-2-20-16(12-4-5-15(19)14(18)10-12)13-6-9-21-17(11-13)7-3-8-17/h4-5,10,13,16,20H,2-3,6-9,11H2,1H3. The van der Waals surface area contributed by atoms with Crippen molar-refractivity contribution in [2.75, 3.05) is 13.2 Å². The first-order chi connectivity index (χ1) is 10.1. The molecule has 2 aliphatic rings. The van der Waals surface area contributed by atoms with Gasteiger partial charge < -0.3 is 10.1 Å². The molecule has 1 saturated carbocycles. The number of halogens is 2. The molecule has 1 aliphatic heterocycles. The summed E-state index contributed by atoms with van der Waals surface area (Å²) in [6.07, 6.45) is 6.13. The first-order valence-corrected chi connectivity index (χ1v) is 9.13. The lowest BCUT2D eigenvalue weighted by atomic mass is 9.69. The van der Waals surface area contributed by atoms with Crippen LogP contribution in [0.2, 0.25) is 5.02 Å². The molecule has 2 atom stereocenters. The third kappa shape index (κ3) is 3.31. The third-order valence-electron chi connectivity index (χ3n) is 4.99. The van der Waals surface area contributed by atoms with E-state index in [9.17, 15) is 0 Å². The molecule has 0 amide bonds. The van der Waals surface area contributed by atoms with Gasteiger partial charge in [-0.15, -0.1) is 0 Å². The van der Waals surface area contributed by atoms with Crippen LogP contribution in [0, 0.1) is 5.92 Å². The maximum atomic E-state index is 6.14. The van der Waals surface area contributed by atoms with E-state index in [1.807, 2.05) is 6.07 Å². The van der Waals surface area contributed by atoms with E-state index in [1.165, 1.54) is 31.2 Å². The van der Waals surface area contributed by atoms with E-state index in [1.54, 1.807) is 0 Å². The maximum absolute atomic E-state index is 6.14. The van der Waals surface area contributed by atoms with Gasteiger partial charge in [-0.3, -0.25) is 0 Å². The second-order valence-corrected chi connectivity index (χ2v) is 7.61. The molecule has 0 bridgehead atoms. The van der Waals surface area contributed by atoms with Crippen LogP contribution in [-0.2, 0) is 4.74 Å². The molecule has 21 heavy (non-hydrogen) atoms. The molecule has 1 aromatic carbocycles. The molecule has 2 unspecified atom stereocenters. The summed E-state index contributed by atoms with van der Waals surface area (Å²) in [6.45, 7) is 4.06. The molecule has 1 N–H and O–H groups in total. The Hall–Kier alpha value is -0.0900. The van der Waals surface area contributed by atoms with E-state index in [4.69, 9.17) is 16.3 Å². The van der Waals surface area contributed by atoms with Gasteiger partial charge in [-0.2, -0.15) is 0 Å². The second-order valence-electron chi connectivity index (χ2n) is 6.35. The third-order valence-corrected chi connectivity index (χ3v) is 6.21. The van der Waals surface area contributed by atoms with Gasteiger partial charge in [0.1, 0.15) is 0 Å². The van der Waals surface area contributed by atoms with Gasteiger partial charge in [0.15, 0.2) is 0 Å². The molecule has 1 spiro atoms. The highest BCUT2D eigenvalue weighted by molar-refractivity contribution is 9.10. The largest absolute Gasteiger partial charge is 0.375 e. The maximum Gasteiger partial charge on any atom is 0.0686 e. The van der Waals surface area contributed by atoms with Crippen molar-refractivity contribution in [3.63, 3.8) is 0 Å². The first kappa shape index (κ1) is 15.8. The highest BCUT2D eigenvalue weighted by Crippen LogP contribution is 2.47. The fraction of sp³-hybridized carbons (Fsp3) is 0.647. The van der Waals surface area contributed by atoms with Crippen LogP contribution in [0.3, 0.4) is 0 Å². The highest BCUT2D eigenvalue weighted by Gasteiger charge is 2.44. The summed E-state index contributed by atoms with van der Waals surface area (Å²) in [7, 11) is 0. The zero-order chi connectivity index (χ0) is 14.9. The molecule has 4 heteroatoms. The predicted molar refractivity (Wildman–Crippen MR) is 90.8 cm³/mol. The van der Waals surface area contributed by atoms with Gasteiger partial charge in [0, 0.05) is 17.1 Å². The van der Waals surface area contributed by atoms with Crippen LogP contribution in [0.5, 0.6) is 0 Å². The number of rotatable bonds is 4. The summed E-state index contributed by atoms with van der Waals surface area (Å²) in [6, 6.07) is 6.70. The van der Waals surface area contributed by atoms with Crippen molar-refractivity contribution >= 4 is 27.5 Å². The Kier molecular flexibility index (Phi) is 4.94. The Morgan fingerprint density at radius 1 is 1.48 bits per heavy atom. The monoisotopic (exact) mass is 371 g/mol. The molecule has 116 valence electrons. The minimum absolute atomic E-state index is 0.195. The highest BCUT2D eigenvalue weighted by atomic mass is 79.9. The van der Waals surface area contributed by atoms with Gasteiger partial charge in [-0.05, 0) is 78.2 Å². The number of hydrogen-bond acceptors (Lipinski definition) is 2. The van der Waals surface area contributed by atoms with Crippen LogP contribution in [0.4, 0.5) is 0 Å². The minimum atomic E-state index is 0.195. The average molecular weight is 373 g/mol. The summed E-state index contributed by atoms with van der Waals surface area (Å²) in [5, 5.41) is 4.46. The van der Waals surface area contributed by atoms with Gasteiger partial charge in [0.05, 0.1) is 10.6 Å². The topological polar surface area (TPSA) is 21.3 Å². The number of nitrogens with one attached hydrogen (secondary N) is 1. The molecular weight excluding hydrogens is 350 g/mol. The smallest absolute Gasteiger partial charge is 0.0686 e. The van der Waals surface area contributed by atoms with Gasteiger partial charge in [-0.1, -0.05) is 24.6 Å². The van der Waals surface area contributed by atoms with E-state index in [0.717, 1.165) is 29.1 Å². The van der Waals surface area contributed by atoms with Gasteiger partial charge in [0.2, 0.25) is 0 Å². The van der Waals surface area contributed by atoms with Crippen LogP contribution in [0.25, 0.3) is 0 Å². The summed E-state index contributed by atoms with van der Waals surface area (Å²) in [4.78, 5) is 0. The minimum Gasteiger partial charge on any atom is -0.375 e. The van der Waals surface area contributed by atoms with Crippen LogP contribution >= 0.6 is 27.5 Å². The summed E-state index contributed by atoms with van der Waals surface area (Å²) in [5.74, 6) is 0.645. The van der Waals surface area contributed by atoms with E-state index >= 15 is 0 Å². The van der Waals surface area contributed by atoms with Crippen molar-refractivity contribution in [3.05, 3.63) is 33.3 Å². The summed E-state index contributed by atoms with van der Waals surface area (Å²) >= 11 is 9.69. The normalized spacial score (nSPS) is 25.6. The zero-order valence-corrected chi connectivity index (χ0v) is 14.8. The van der Waals surface area contributed by atoms with Gasteiger partial charge in [-0.25, -0.2) is 0 Å². The van der Waals surface area contributed by atoms with Crippen molar-refractivity contribution < 1.29 is 4.74 Å². The molecule has 0 radical (unpaired) electrons. The molecule has 1 aromatic rings. The van der Waals surface area contributed by atoms with Crippen LogP contribution in [0.15, 0.2) is 22.7 Å². The predicted octanol–water partition coefficient (Wildman–Crippen LogP) is 5.10. The molecule has 1 heterocycles. The van der Waals surface area contributed by atoms with E-state index < -0.39 is 0 Å². The Bertz CT molecular complexity index is 504. The number of benzene rings is 1. The van der Waals surface area contributed by atoms with E-state index in [-0.39, 0.29) is 5.60 Å². The van der Waals surface area contributed by atoms with E-state index in [0.29, 0.717) is 12.0 Å². The molecular formula is C17H23BrClNO. The quantitative estimate of drug-likeness (QED) is 0.793. The summed E-state index contributed by atoms with van der Waals surface area (Å²) < 4.78 is 7.06. The molecule has 0 aromatic heterocycles.